The fraction of sp³-hybridized carbons (Fsp3) is 0.400. The number of rotatable bonds is 1. The van der Waals surface area contributed by atoms with E-state index in [9.17, 15) is 4.79 Å². The number of esters is 1. The zero-order valence-electron chi connectivity index (χ0n) is 5.41. The van der Waals surface area contributed by atoms with E-state index in [4.69, 9.17) is 46.4 Å². The summed E-state index contributed by atoms with van der Waals surface area (Å²) in [7, 11) is 1.20. The molecule has 0 aliphatic heterocycles. The molecule has 6 heteroatoms. The van der Waals surface area contributed by atoms with E-state index in [1.54, 1.807) is 0 Å². The summed E-state index contributed by atoms with van der Waals surface area (Å²) in [5.41, 5.74) is 0. The fourth-order valence-electron chi connectivity index (χ4n) is 0.244. The van der Waals surface area contributed by atoms with Crippen molar-refractivity contribution in [1.82, 2.24) is 0 Å². The highest BCUT2D eigenvalue weighted by molar-refractivity contribution is 6.73. The van der Waals surface area contributed by atoms with E-state index >= 15 is 0 Å². The van der Waals surface area contributed by atoms with Crippen LogP contribution < -0.4 is 0 Å². The number of hydrogen-bond donors (Lipinski definition) is 0. The SMILES string of the molecule is COC(=O)C=C(Cl)C(Cl)(Cl)Cl. The van der Waals surface area contributed by atoms with E-state index in [0.717, 1.165) is 6.08 Å². The molecule has 0 heterocycles. The number of halogens is 4. The van der Waals surface area contributed by atoms with Crippen molar-refractivity contribution < 1.29 is 9.53 Å². The zero-order chi connectivity index (χ0) is 9.07. The second kappa shape index (κ2) is 4.41. The molecule has 0 spiro atoms. The monoisotopic (exact) mass is 236 g/mol. The Balaban J connectivity index is 4.35. The topological polar surface area (TPSA) is 26.3 Å². The van der Waals surface area contributed by atoms with Crippen LogP contribution in [-0.2, 0) is 9.53 Å². The lowest BCUT2D eigenvalue weighted by atomic mass is 10.5. The summed E-state index contributed by atoms with van der Waals surface area (Å²) in [4.78, 5) is 10.5. The van der Waals surface area contributed by atoms with Crippen molar-refractivity contribution in [2.24, 2.45) is 0 Å². The van der Waals surface area contributed by atoms with Crippen molar-refractivity contribution >= 4 is 52.4 Å². The van der Waals surface area contributed by atoms with E-state index in [0.29, 0.717) is 0 Å². The number of ether oxygens (including phenoxy) is 1. The van der Waals surface area contributed by atoms with Crippen LogP contribution in [0.2, 0.25) is 0 Å². The summed E-state index contributed by atoms with van der Waals surface area (Å²) in [5, 5.41) is -0.200. The molecule has 2 nitrogen and oxygen atoms in total. The first-order valence-electron chi connectivity index (χ1n) is 2.40. The average molecular weight is 238 g/mol. The third-order valence-electron chi connectivity index (χ3n) is 0.717. The lowest BCUT2D eigenvalue weighted by Crippen LogP contribution is -2.05. The third kappa shape index (κ3) is 4.75. The standard InChI is InChI=1S/C5H4Cl4O2/c1-11-4(10)2-3(6)5(7,8)9/h2H,1H3. The van der Waals surface area contributed by atoms with Crippen LogP contribution in [0, 0.1) is 0 Å². The van der Waals surface area contributed by atoms with Gasteiger partial charge in [-0.25, -0.2) is 4.79 Å². The van der Waals surface area contributed by atoms with Gasteiger partial charge < -0.3 is 4.74 Å². The molecule has 0 aromatic carbocycles. The Labute approximate surface area is 84.0 Å². The Kier molecular flexibility index (Phi) is 4.56. The maximum Gasteiger partial charge on any atom is 0.331 e. The molecule has 0 aromatic rings. The molecule has 11 heavy (non-hydrogen) atoms. The van der Waals surface area contributed by atoms with Gasteiger partial charge in [-0.15, -0.1) is 0 Å². The maximum atomic E-state index is 10.5. The first-order valence-corrected chi connectivity index (χ1v) is 3.91. The van der Waals surface area contributed by atoms with E-state index < -0.39 is 9.76 Å². The van der Waals surface area contributed by atoms with E-state index in [1.807, 2.05) is 0 Å². The molecular formula is C5H4Cl4O2. The number of carbonyl (C=O) groups excluding carboxylic acids is 1. The van der Waals surface area contributed by atoms with Gasteiger partial charge in [-0.05, 0) is 0 Å². The Morgan fingerprint density at radius 1 is 1.45 bits per heavy atom. The van der Waals surface area contributed by atoms with Crippen molar-refractivity contribution in [1.29, 1.82) is 0 Å². The van der Waals surface area contributed by atoms with Gasteiger partial charge in [-0.2, -0.15) is 0 Å². The predicted octanol–water partition coefficient (Wildman–Crippen LogP) is 2.65. The lowest BCUT2D eigenvalue weighted by molar-refractivity contribution is -0.134. The van der Waals surface area contributed by atoms with Crippen LogP contribution in [0.3, 0.4) is 0 Å². The summed E-state index contributed by atoms with van der Waals surface area (Å²) < 4.78 is 2.47. The van der Waals surface area contributed by atoms with Crippen LogP contribution in [-0.4, -0.2) is 16.9 Å². The van der Waals surface area contributed by atoms with Gasteiger partial charge in [-0.1, -0.05) is 46.4 Å². The Bertz CT molecular complexity index is 181. The largest absolute Gasteiger partial charge is 0.466 e. The van der Waals surface area contributed by atoms with Crippen LogP contribution in [0.25, 0.3) is 0 Å². The molecule has 64 valence electrons. The Morgan fingerprint density at radius 3 is 2.18 bits per heavy atom. The van der Waals surface area contributed by atoms with Crippen molar-refractivity contribution in [2.45, 2.75) is 3.79 Å². The Morgan fingerprint density at radius 2 is 1.91 bits per heavy atom. The highest BCUT2D eigenvalue weighted by Crippen LogP contribution is 2.36. The fourth-order valence-corrected chi connectivity index (χ4v) is 0.497. The number of methoxy groups -OCH3 is 1. The van der Waals surface area contributed by atoms with Gasteiger partial charge >= 0.3 is 5.97 Å². The normalized spacial score (nSPS) is 13.0. The summed E-state index contributed by atoms with van der Waals surface area (Å²) in [6.07, 6.45) is 0.897. The molecule has 0 bridgehead atoms. The van der Waals surface area contributed by atoms with Crippen molar-refractivity contribution in [3.8, 4) is 0 Å². The summed E-state index contributed by atoms with van der Waals surface area (Å²) in [6.45, 7) is 0. The molecule has 0 rings (SSSR count). The van der Waals surface area contributed by atoms with E-state index in [1.165, 1.54) is 7.11 Å². The molecular weight excluding hydrogens is 234 g/mol. The first kappa shape index (κ1) is 11.4. The molecule has 0 atom stereocenters. The molecule has 0 amide bonds. The van der Waals surface area contributed by atoms with Gasteiger partial charge in [0.2, 0.25) is 3.79 Å². The van der Waals surface area contributed by atoms with Crippen molar-refractivity contribution in [2.75, 3.05) is 7.11 Å². The zero-order valence-corrected chi connectivity index (χ0v) is 8.43. The average Bonchev–Trinajstić information content (AvgIpc) is 1.85. The van der Waals surface area contributed by atoms with Crippen molar-refractivity contribution in [3.63, 3.8) is 0 Å². The van der Waals surface area contributed by atoms with Crippen LogP contribution in [0.1, 0.15) is 0 Å². The molecule has 0 aliphatic carbocycles. The van der Waals surface area contributed by atoms with Gasteiger partial charge in [0.05, 0.1) is 12.1 Å². The van der Waals surface area contributed by atoms with Gasteiger partial charge in [-0.3, -0.25) is 0 Å². The van der Waals surface area contributed by atoms with Gasteiger partial charge in [0.25, 0.3) is 0 Å². The molecule has 0 fully saturated rings. The minimum atomic E-state index is -1.77. The molecule has 0 N–H and O–H groups in total. The van der Waals surface area contributed by atoms with E-state index in [-0.39, 0.29) is 5.03 Å². The highest BCUT2D eigenvalue weighted by atomic mass is 35.6. The molecule has 0 saturated carbocycles. The lowest BCUT2D eigenvalue weighted by Gasteiger charge is -2.07. The maximum absolute atomic E-state index is 10.5. The van der Waals surface area contributed by atoms with Gasteiger partial charge in [0.15, 0.2) is 0 Å². The Hall–Kier alpha value is 0.370. The highest BCUT2D eigenvalue weighted by Gasteiger charge is 2.25. The predicted molar refractivity (Wildman–Crippen MR) is 46.2 cm³/mol. The van der Waals surface area contributed by atoms with Crippen molar-refractivity contribution in [3.05, 3.63) is 11.1 Å². The third-order valence-corrected chi connectivity index (χ3v) is 2.01. The van der Waals surface area contributed by atoms with Crippen LogP contribution in [0.15, 0.2) is 11.1 Å². The second-order valence-electron chi connectivity index (χ2n) is 1.51. The summed E-state index contributed by atoms with van der Waals surface area (Å²) >= 11 is 21.3. The number of hydrogen-bond acceptors (Lipinski definition) is 2. The quantitative estimate of drug-likeness (QED) is 0.398. The minimum Gasteiger partial charge on any atom is -0.466 e. The molecule has 0 aliphatic rings. The molecule has 0 saturated heterocycles. The second-order valence-corrected chi connectivity index (χ2v) is 4.20. The molecule has 0 unspecified atom stereocenters. The van der Waals surface area contributed by atoms with E-state index in [2.05, 4.69) is 4.74 Å². The number of carbonyl (C=O) groups is 1. The minimum absolute atomic E-state index is 0.200. The first-order chi connectivity index (χ1) is 4.88. The van der Waals surface area contributed by atoms with Gasteiger partial charge in [0, 0.05) is 6.08 Å². The summed E-state index contributed by atoms with van der Waals surface area (Å²) in [5.74, 6) is -0.665. The molecule has 0 aromatic heterocycles. The summed E-state index contributed by atoms with van der Waals surface area (Å²) in [6, 6.07) is 0. The van der Waals surface area contributed by atoms with Crippen LogP contribution >= 0.6 is 46.4 Å². The van der Waals surface area contributed by atoms with Crippen LogP contribution in [0.4, 0.5) is 0 Å². The smallest absolute Gasteiger partial charge is 0.331 e. The van der Waals surface area contributed by atoms with Crippen LogP contribution in [0.5, 0.6) is 0 Å². The number of allylic oxidation sites excluding steroid dienone is 1. The number of alkyl halides is 3. The molecule has 0 radical (unpaired) electrons. The van der Waals surface area contributed by atoms with Gasteiger partial charge in [0.1, 0.15) is 0 Å².